The van der Waals surface area contributed by atoms with Crippen molar-refractivity contribution in [3.63, 3.8) is 0 Å². The van der Waals surface area contributed by atoms with E-state index < -0.39 is 5.82 Å². The molecule has 2 rings (SSSR count). The van der Waals surface area contributed by atoms with Crippen LogP contribution < -0.4 is 4.90 Å². The SMILES string of the molecule is CCCN(C(=O)CCCC(=O)CC)c1cn(-c2cncc(F)c2)nc1C. The standard InChI is InChI=1S/C19H25FN4O2/c1-4-9-23(19(26)8-6-7-17(25)5-2)18-13-24(22-14(18)3)16-10-15(20)11-21-12-16/h10-13H,4-9H2,1-3H3. The van der Waals surface area contributed by atoms with Gasteiger partial charge in [0.2, 0.25) is 5.91 Å². The Morgan fingerprint density at radius 3 is 2.65 bits per heavy atom. The summed E-state index contributed by atoms with van der Waals surface area (Å²) in [5.41, 5.74) is 1.88. The zero-order valence-electron chi connectivity index (χ0n) is 15.5. The number of nitrogens with zero attached hydrogens (tertiary/aromatic N) is 4. The number of hydrogen-bond acceptors (Lipinski definition) is 4. The third-order valence-electron chi connectivity index (χ3n) is 4.11. The lowest BCUT2D eigenvalue weighted by molar-refractivity contribution is -0.120. The van der Waals surface area contributed by atoms with Gasteiger partial charge in [-0.25, -0.2) is 9.07 Å². The predicted octanol–water partition coefficient (Wildman–Crippen LogP) is 3.61. The fraction of sp³-hybridized carbons (Fsp3) is 0.474. The second-order valence-corrected chi connectivity index (χ2v) is 6.20. The van der Waals surface area contributed by atoms with Gasteiger partial charge in [-0.1, -0.05) is 13.8 Å². The molecule has 140 valence electrons. The van der Waals surface area contributed by atoms with Gasteiger partial charge in [-0.3, -0.25) is 14.6 Å². The van der Waals surface area contributed by atoms with E-state index in [1.165, 1.54) is 16.9 Å². The Morgan fingerprint density at radius 2 is 2.00 bits per heavy atom. The number of carbonyl (C=O) groups is 2. The van der Waals surface area contributed by atoms with Gasteiger partial charge in [-0.15, -0.1) is 0 Å². The monoisotopic (exact) mass is 360 g/mol. The van der Waals surface area contributed by atoms with Crippen molar-refractivity contribution in [1.29, 1.82) is 0 Å². The zero-order valence-corrected chi connectivity index (χ0v) is 15.5. The van der Waals surface area contributed by atoms with E-state index in [2.05, 4.69) is 10.1 Å². The third kappa shape index (κ3) is 4.97. The van der Waals surface area contributed by atoms with Crippen LogP contribution in [0.5, 0.6) is 0 Å². The largest absolute Gasteiger partial charge is 0.309 e. The highest BCUT2D eigenvalue weighted by Gasteiger charge is 2.20. The molecule has 1 amide bonds. The van der Waals surface area contributed by atoms with Crippen LogP contribution in [0.25, 0.3) is 5.69 Å². The van der Waals surface area contributed by atoms with Crippen molar-refractivity contribution in [2.45, 2.75) is 52.9 Å². The van der Waals surface area contributed by atoms with Gasteiger partial charge in [0.25, 0.3) is 0 Å². The molecular formula is C19H25FN4O2. The van der Waals surface area contributed by atoms with Crippen molar-refractivity contribution in [3.8, 4) is 5.69 Å². The first-order valence-electron chi connectivity index (χ1n) is 8.95. The fourth-order valence-electron chi connectivity index (χ4n) is 2.73. The molecule has 0 aliphatic heterocycles. The number of carbonyl (C=O) groups excluding carboxylic acids is 2. The smallest absolute Gasteiger partial charge is 0.227 e. The highest BCUT2D eigenvalue weighted by Crippen LogP contribution is 2.23. The summed E-state index contributed by atoms with van der Waals surface area (Å²) in [6.45, 7) is 6.20. The maximum Gasteiger partial charge on any atom is 0.227 e. The molecule has 7 heteroatoms. The van der Waals surface area contributed by atoms with Gasteiger partial charge >= 0.3 is 0 Å². The highest BCUT2D eigenvalue weighted by atomic mass is 19.1. The molecule has 0 radical (unpaired) electrons. The normalized spacial score (nSPS) is 10.8. The fourth-order valence-corrected chi connectivity index (χ4v) is 2.73. The second-order valence-electron chi connectivity index (χ2n) is 6.20. The molecule has 2 aromatic rings. The van der Waals surface area contributed by atoms with E-state index in [1.54, 1.807) is 11.1 Å². The van der Waals surface area contributed by atoms with Crippen LogP contribution in [-0.2, 0) is 9.59 Å². The van der Waals surface area contributed by atoms with Crippen molar-refractivity contribution in [3.05, 3.63) is 36.2 Å². The predicted molar refractivity (Wildman–Crippen MR) is 97.8 cm³/mol. The molecule has 0 spiro atoms. The topological polar surface area (TPSA) is 68.1 Å². The van der Waals surface area contributed by atoms with Crippen molar-refractivity contribution in [2.24, 2.45) is 0 Å². The van der Waals surface area contributed by atoms with Gasteiger partial charge in [-0.05, 0) is 19.8 Å². The average molecular weight is 360 g/mol. The molecule has 0 N–H and O–H groups in total. The second kappa shape index (κ2) is 9.22. The van der Waals surface area contributed by atoms with E-state index in [0.717, 1.165) is 12.6 Å². The Morgan fingerprint density at radius 1 is 1.23 bits per heavy atom. The quantitative estimate of drug-likeness (QED) is 0.685. The van der Waals surface area contributed by atoms with Crippen LogP contribution in [0.15, 0.2) is 24.7 Å². The maximum absolute atomic E-state index is 13.4. The molecule has 2 aromatic heterocycles. The van der Waals surface area contributed by atoms with E-state index in [9.17, 15) is 14.0 Å². The zero-order chi connectivity index (χ0) is 19.1. The van der Waals surface area contributed by atoms with Crippen molar-refractivity contribution >= 4 is 17.4 Å². The minimum Gasteiger partial charge on any atom is -0.309 e. The van der Waals surface area contributed by atoms with Gasteiger partial charge in [0.1, 0.15) is 11.6 Å². The number of aromatic nitrogens is 3. The molecule has 0 bridgehead atoms. The molecule has 6 nitrogen and oxygen atoms in total. The van der Waals surface area contributed by atoms with Crippen LogP contribution in [-0.4, -0.2) is 33.0 Å². The first-order chi connectivity index (χ1) is 12.5. The van der Waals surface area contributed by atoms with Crippen molar-refractivity contribution < 1.29 is 14.0 Å². The van der Waals surface area contributed by atoms with Crippen molar-refractivity contribution in [1.82, 2.24) is 14.8 Å². The minimum absolute atomic E-state index is 0.0317. The first kappa shape index (κ1) is 19.8. The Kier molecular flexibility index (Phi) is 7.00. The average Bonchev–Trinajstić information content (AvgIpc) is 3.00. The summed E-state index contributed by atoms with van der Waals surface area (Å²) in [7, 11) is 0. The number of aryl methyl sites for hydroxylation is 1. The number of halogens is 1. The number of hydrogen-bond donors (Lipinski definition) is 0. The summed E-state index contributed by atoms with van der Waals surface area (Å²) < 4.78 is 14.9. The molecule has 0 atom stereocenters. The molecule has 0 aromatic carbocycles. The van der Waals surface area contributed by atoms with Crippen LogP contribution in [0.2, 0.25) is 0 Å². The van der Waals surface area contributed by atoms with Gasteiger partial charge < -0.3 is 4.90 Å². The molecule has 2 heterocycles. The summed E-state index contributed by atoms with van der Waals surface area (Å²) in [6.07, 6.45) is 6.95. The van der Waals surface area contributed by atoms with E-state index in [0.29, 0.717) is 49.3 Å². The van der Waals surface area contributed by atoms with Crippen LogP contribution in [0.1, 0.15) is 51.6 Å². The van der Waals surface area contributed by atoms with Crippen LogP contribution in [0.4, 0.5) is 10.1 Å². The lowest BCUT2D eigenvalue weighted by Crippen LogP contribution is -2.31. The van der Waals surface area contributed by atoms with Crippen LogP contribution in [0, 0.1) is 12.7 Å². The van der Waals surface area contributed by atoms with Crippen LogP contribution in [0.3, 0.4) is 0 Å². The Hall–Kier alpha value is -2.57. The lowest BCUT2D eigenvalue weighted by atomic mass is 10.1. The number of ketones is 1. The number of Topliss-reactive ketones (excluding diaryl/α,β-unsaturated/α-hetero) is 1. The van der Waals surface area contributed by atoms with Crippen LogP contribution >= 0.6 is 0 Å². The molecule has 0 aliphatic carbocycles. The molecule has 26 heavy (non-hydrogen) atoms. The van der Waals surface area contributed by atoms with E-state index in [4.69, 9.17) is 0 Å². The first-order valence-corrected chi connectivity index (χ1v) is 8.95. The minimum atomic E-state index is -0.445. The Labute approximate surface area is 153 Å². The highest BCUT2D eigenvalue weighted by molar-refractivity contribution is 5.94. The summed E-state index contributed by atoms with van der Waals surface area (Å²) in [5.74, 6) is -0.308. The van der Waals surface area contributed by atoms with E-state index in [1.807, 2.05) is 20.8 Å². The van der Waals surface area contributed by atoms with E-state index in [-0.39, 0.29) is 11.7 Å². The summed E-state index contributed by atoms with van der Waals surface area (Å²) in [4.78, 5) is 29.6. The lowest BCUT2D eigenvalue weighted by Gasteiger charge is -2.21. The molecule has 0 saturated heterocycles. The maximum atomic E-state index is 13.4. The molecule has 0 fully saturated rings. The summed E-state index contributed by atoms with van der Waals surface area (Å²) >= 11 is 0. The van der Waals surface area contributed by atoms with Gasteiger partial charge in [0.05, 0.1) is 35.7 Å². The molecule has 0 saturated carbocycles. The van der Waals surface area contributed by atoms with Crippen molar-refractivity contribution in [2.75, 3.05) is 11.4 Å². The number of anilines is 1. The Balaban J connectivity index is 2.18. The third-order valence-corrected chi connectivity index (χ3v) is 4.11. The summed E-state index contributed by atoms with van der Waals surface area (Å²) in [5, 5.41) is 4.39. The van der Waals surface area contributed by atoms with Gasteiger partial charge in [0.15, 0.2) is 0 Å². The molecule has 0 unspecified atom stereocenters. The van der Waals surface area contributed by atoms with Gasteiger partial charge in [0, 0.05) is 31.9 Å². The van der Waals surface area contributed by atoms with E-state index >= 15 is 0 Å². The number of rotatable bonds is 9. The summed E-state index contributed by atoms with van der Waals surface area (Å²) in [6, 6.07) is 1.34. The molecular weight excluding hydrogens is 335 g/mol. The number of amides is 1. The molecule has 0 aliphatic rings. The Bertz CT molecular complexity index is 773. The number of pyridine rings is 1. The van der Waals surface area contributed by atoms with Gasteiger partial charge in [-0.2, -0.15) is 5.10 Å².